The fourth-order valence-electron chi connectivity index (χ4n) is 3.86. The molecule has 2 unspecified atom stereocenters. The van der Waals surface area contributed by atoms with Crippen LogP contribution in [0.2, 0.25) is 0 Å². The molecule has 0 saturated carbocycles. The standard InChI is InChI=1S/C28H32N4O6/c1-18(2)15-22(32-28(36)37)26(35)30-21(14-13-19-9-5-3-6-10-19)24(33)27-31-23(17-38-27)25(34)29-16-20-11-7-4-8-12-20/h3-12,17-18,21-22,32H,13-16H2,1-2H3,(H,29,34)(H,30,35)(H,36,37). The number of carbonyl (C=O) groups excluding carboxylic acids is 3. The van der Waals surface area contributed by atoms with Crippen LogP contribution in [-0.2, 0) is 17.8 Å². The largest absolute Gasteiger partial charge is 0.465 e. The monoisotopic (exact) mass is 520 g/mol. The normalized spacial score (nSPS) is 12.4. The van der Waals surface area contributed by atoms with E-state index in [1.54, 1.807) is 0 Å². The van der Waals surface area contributed by atoms with Gasteiger partial charge in [0.1, 0.15) is 12.3 Å². The Kier molecular flexibility index (Phi) is 10.2. The molecule has 38 heavy (non-hydrogen) atoms. The molecule has 3 aromatic rings. The van der Waals surface area contributed by atoms with E-state index >= 15 is 0 Å². The lowest BCUT2D eigenvalue weighted by Crippen LogP contribution is -2.52. The average Bonchev–Trinajstić information content (AvgIpc) is 3.40. The van der Waals surface area contributed by atoms with Crippen LogP contribution in [0.1, 0.15) is 59.0 Å². The van der Waals surface area contributed by atoms with Crippen molar-refractivity contribution in [2.75, 3.05) is 0 Å². The van der Waals surface area contributed by atoms with Crippen molar-refractivity contribution in [3.63, 3.8) is 0 Å². The number of aromatic nitrogens is 1. The third kappa shape index (κ3) is 8.58. The van der Waals surface area contributed by atoms with Crippen molar-refractivity contribution in [1.82, 2.24) is 20.9 Å². The third-order valence-corrected chi connectivity index (χ3v) is 5.76. The molecular formula is C28H32N4O6. The van der Waals surface area contributed by atoms with Gasteiger partial charge in [0, 0.05) is 6.54 Å². The summed E-state index contributed by atoms with van der Waals surface area (Å²) in [5.74, 6) is -2.04. The van der Waals surface area contributed by atoms with Gasteiger partial charge in [-0.3, -0.25) is 14.4 Å². The van der Waals surface area contributed by atoms with Crippen LogP contribution >= 0.6 is 0 Å². The second-order valence-corrected chi connectivity index (χ2v) is 9.29. The smallest absolute Gasteiger partial charge is 0.405 e. The molecule has 3 rings (SSSR count). The zero-order chi connectivity index (χ0) is 27.5. The number of rotatable bonds is 13. The molecule has 2 atom stereocenters. The summed E-state index contributed by atoms with van der Waals surface area (Å²) in [6.07, 6.45) is 0.689. The topological polar surface area (TPSA) is 151 Å². The van der Waals surface area contributed by atoms with Crippen LogP contribution in [0, 0.1) is 5.92 Å². The maximum Gasteiger partial charge on any atom is 0.405 e. The lowest BCUT2D eigenvalue weighted by molar-refractivity contribution is -0.124. The molecule has 2 aromatic carbocycles. The Morgan fingerprint density at radius 3 is 2.13 bits per heavy atom. The second kappa shape index (κ2) is 13.7. The van der Waals surface area contributed by atoms with E-state index in [2.05, 4.69) is 20.9 Å². The summed E-state index contributed by atoms with van der Waals surface area (Å²) in [7, 11) is 0. The quantitative estimate of drug-likeness (QED) is 0.252. The number of Topliss-reactive ketones (excluding diaryl/α,β-unsaturated/α-hetero) is 1. The van der Waals surface area contributed by atoms with Gasteiger partial charge < -0.3 is 25.5 Å². The summed E-state index contributed by atoms with van der Waals surface area (Å²) in [6, 6.07) is 16.6. The summed E-state index contributed by atoms with van der Waals surface area (Å²) in [6.45, 7) is 4.00. The Balaban J connectivity index is 1.74. The molecule has 0 aliphatic heterocycles. The number of hydrogen-bond donors (Lipinski definition) is 4. The third-order valence-electron chi connectivity index (χ3n) is 5.76. The van der Waals surface area contributed by atoms with Gasteiger partial charge in [-0.2, -0.15) is 0 Å². The van der Waals surface area contributed by atoms with E-state index in [1.165, 1.54) is 0 Å². The van der Waals surface area contributed by atoms with Crippen LogP contribution in [0.4, 0.5) is 4.79 Å². The second-order valence-electron chi connectivity index (χ2n) is 9.29. The summed E-state index contributed by atoms with van der Waals surface area (Å²) in [5.41, 5.74) is 1.79. The van der Waals surface area contributed by atoms with Gasteiger partial charge in [-0.15, -0.1) is 0 Å². The van der Waals surface area contributed by atoms with Crippen LogP contribution < -0.4 is 16.0 Å². The van der Waals surface area contributed by atoms with Crippen LogP contribution in [-0.4, -0.2) is 45.9 Å². The first-order valence-electron chi connectivity index (χ1n) is 12.4. The molecule has 0 fully saturated rings. The minimum Gasteiger partial charge on any atom is -0.465 e. The van der Waals surface area contributed by atoms with Gasteiger partial charge in [-0.05, 0) is 36.3 Å². The fourth-order valence-corrected chi connectivity index (χ4v) is 3.86. The van der Waals surface area contributed by atoms with Crippen molar-refractivity contribution in [3.05, 3.63) is 89.6 Å². The highest BCUT2D eigenvalue weighted by molar-refractivity contribution is 6.00. The van der Waals surface area contributed by atoms with Gasteiger partial charge in [-0.1, -0.05) is 74.5 Å². The molecule has 10 heteroatoms. The molecule has 0 aliphatic rings. The number of carbonyl (C=O) groups is 4. The first-order chi connectivity index (χ1) is 18.2. The Labute approximate surface area is 220 Å². The molecule has 200 valence electrons. The molecule has 0 spiro atoms. The number of aryl methyl sites for hydroxylation is 1. The van der Waals surface area contributed by atoms with Crippen molar-refractivity contribution in [2.24, 2.45) is 5.92 Å². The number of nitrogens with one attached hydrogen (secondary N) is 3. The van der Waals surface area contributed by atoms with E-state index in [0.717, 1.165) is 17.4 Å². The molecule has 3 amide bonds. The number of hydrogen-bond acceptors (Lipinski definition) is 6. The predicted octanol–water partition coefficient (Wildman–Crippen LogP) is 3.59. The van der Waals surface area contributed by atoms with Crippen molar-refractivity contribution in [3.8, 4) is 0 Å². The molecule has 1 heterocycles. The van der Waals surface area contributed by atoms with Crippen LogP contribution in [0.25, 0.3) is 0 Å². The zero-order valence-electron chi connectivity index (χ0n) is 21.3. The maximum atomic E-state index is 13.3. The number of nitrogens with zero attached hydrogens (tertiary/aromatic N) is 1. The Bertz CT molecular complexity index is 1230. The van der Waals surface area contributed by atoms with E-state index < -0.39 is 35.8 Å². The van der Waals surface area contributed by atoms with Gasteiger partial charge in [-0.25, -0.2) is 9.78 Å². The van der Waals surface area contributed by atoms with Crippen molar-refractivity contribution >= 4 is 23.7 Å². The number of ketones is 1. The fraction of sp³-hybridized carbons (Fsp3) is 0.321. The number of amides is 3. The van der Waals surface area contributed by atoms with Crippen LogP contribution in [0.5, 0.6) is 0 Å². The first-order valence-corrected chi connectivity index (χ1v) is 12.4. The van der Waals surface area contributed by atoms with Gasteiger partial charge in [0.15, 0.2) is 5.69 Å². The molecule has 10 nitrogen and oxygen atoms in total. The number of benzene rings is 2. The minimum atomic E-state index is -1.34. The summed E-state index contributed by atoms with van der Waals surface area (Å²) in [5, 5.41) is 16.8. The minimum absolute atomic E-state index is 0.0276. The lowest BCUT2D eigenvalue weighted by Gasteiger charge is -2.22. The van der Waals surface area contributed by atoms with E-state index in [1.807, 2.05) is 74.5 Å². The van der Waals surface area contributed by atoms with Gasteiger partial charge in [0.25, 0.3) is 11.8 Å². The SMILES string of the molecule is CC(C)CC(NC(=O)O)C(=O)NC(CCc1ccccc1)C(=O)c1nc(C(=O)NCc2ccccc2)co1. The molecule has 0 bridgehead atoms. The van der Waals surface area contributed by atoms with Crippen molar-refractivity contribution < 1.29 is 28.7 Å². The van der Waals surface area contributed by atoms with Crippen molar-refractivity contribution in [1.29, 1.82) is 0 Å². The van der Waals surface area contributed by atoms with E-state index in [0.29, 0.717) is 6.42 Å². The van der Waals surface area contributed by atoms with E-state index in [4.69, 9.17) is 9.52 Å². The summed E-state index contributed by atoms with van der Waals surface area (Å²) in [4.78, 5) is 54.2. The number of oxazole rings is 1. The molecule has 4 N–H and O–H groups in total. The Hall–Kier alpha value is -4.47. The predicted molar refractivity (Wildman–Crippen MR) is 140 cm³/mol. The molecule has 0 aliphatic carbocycles. The highest BCUT2D eigenvalue weighted by Crippen LogP contribution is 2.13. The highest BCUT2D eigenvalue weighted by atomic mass is 16.4. The van der Waals surface area contributed by atoms with Crippen molar-refractivity contribution in [2.45, 2.75) is 51.7 Å². The Morgan fingerprint density at radius 2 is 1.53 bits per heavy atom. The van der Waals surface area contributed by atoms with Gasteiger partial charge in [0.2, 0.25) is 11.7 Å². The van der Waals surface area contributed by atoms with E-state index in [-0.39, 0.29) is 36.9 Å². The van der Waals surface area contributed by atoms with Crippen LogP contribution in [0.15, 0.2) is 71.3 Å². The summed E-state index contributed by atoms with van der Waals surface area (Å²) < 4.78 is 5.32. The summed E-state index contributed by atoms with van der Waals surface area (Å²) >= 11 is 0. The average molecular weight is 521 g/mol. The number of carboxylic acid groups (broad SMARTS) is 1. The highest BCUT2D eigenvalue weighted by Gasteiger charge is 2.30. The molecular weight excluding hydrogens is 488 g/mol. The van der Waals surface area contributed by atoms with Gasteiger partial charge >= 0.3 is 6.09 Å². The molecule has 0 saturated heterocycles. The molecule has 0 radical (unpaired) electrons. The lowest BCUT2D eigenvalue weighted by atomic mass is 9.99. The van der Waals surface area contributed by atoms with E-state index in [9.17, 15) is 19.2 Å². The molecule has 1 aromatic heterocycles. The Morgan fingerprint density at radius 1 is 0.895 bits per heavy atom. The van der Waals surface area contributed by atoms with Gasteiger partial charge in [0.05, 0.1) is 6.04 Å². The maximum absolute atomic E-state index is 13.3. The zero-order valence-corrected chi connectivity index (χ0v) is 21.3. The van der Waals surface area contributed by atoms with Crippen LogP contribution in [0.3, 0.4) is 0 Å². The first kappa shape index (κ1) is 28.1.